The van der Waals surface area contributed by atoms with Crippen molar-refractivity contribution in [1.82, 2.24) is 5.32 Å². The molecule has 1 aromatic rings. The first kappa shape index (κ1) is 14.7. The summed E-state index contributed by atoms with van der Waals surface area (Å²) in [5.41, 5.74) is 1.38. The lowest BCUT2D eigenvalue weighted by molar-refractivity contribution is -0.384. The molecular formula is C12H18N4O3. The van der Waals surface area contributed by atoms with E-state index in [1.54, 1.807) is 27.2 Å². The molecule has 0 unspecified atom stereocenters. The van der Waals surface area contributed by atoms with E-state index in [1.807, 2.05) is 4.90 Å². The van der Waals surface area contributed by atoms with Gasteiger partial charge in [0, 0.05) is 57.6 Å². The highest BCUT2D eigenvalue weighted by atomic mass is 16.6. The van der Waals surface area contributed by atoms with Gasteiger partial charge in [0.1, 0.15) is 0 Å². The number of amides is 1. The fourth-order valence-corrected chi connectivity index (χ4v) is 1.59. The van der Waals surface area contributed by atoms with Crippen molar-refractivity contribution in [2.75, 3.05) is 37.9 Å². The van der Waals surface area contributed by atoms with Gasteiger partial charge < -0.3 is 15.5 Å². The largest absolute Gasteiger partial charge is 0.388 e. The van der Waals surface area contributed by atoms with Crippen molar-refractivity contribution in [3.63, 3.8) is 0 Å². The minimum Gasteiger partial charge on any atom is -0.388 e. The molecule has 0 saturated carbocycles. The van der Waals surface area contributed by atoms with E-state index in [-0.39, 0.29) is 11.6 Å². The molecule has 0 aliphatic carbocycles. The predicted octanol–water partition coefficient (Wildman–Crippen LogP) is 1.21. The maximum Gasteiger partial charge on any atom is 0.273 e. The van der Waals surface area contributed by atoms with Crippen LogP contribution in [0.15, 0.2) is 18.2 Å². The molecule has 0 radical (unpaired) electrons. The summed E-state index contributed by atoms with van der Waals surface area (Å²) in [6.45, 7) is 0.490. The van der Waals surface area contributed by atoms with Gasteiger partial charge in [-0.3, -0.25) is 14.9 Å². The number of rotatable bonds is 6. The zero-order valence-electron chi connectivity index (χ0n) is 11.3. The van der Waals surface area contributed by atoms with Crippen LogP contribution < -0.4 is 15.5 Å². The lowest BCUT2D eigenvalue weighted by Crippen LogP contribution is -2.26. The Hall–Kier alpha value is -2.31. The molecule has 0 fully saturated rings. The van der Waals surface area contributed by atoms with E-state index < -0.39 is 4.92 Å². The third-order valence-electron chi connectivity index (χ3n) is 2.80. The van der Waals surface area contributed by atoms with Crippen LogP contribution in [-0.4, -0.2) is 38.5 Å². The van der Waals surface area contributed by atoms with E-state index in [0.717, 1.165) is 0 Å². The minimum absolute atomic E-state index is 0.0219. The Kier molecular flexibility index (Phi) is 5.11. The van der Waals surface area contributed by atoms with Gasteiger partial charge in [-0.2, -0.15) is 0 Å². The first-order valence-corrected chi connectivity index (χ1v) is 5.87. The Morgan fingerprint density at radius 1 is 1.37 bits per heavy atom. The Morgan fingerprint density at radius 3 is 2.58 bits per heavy atom. The van der Waals surface area contributed by atoms with Crippen molar-refractivity contribution in [3.8, 4) is 0 Å². The van der Waals surface area contributed by atoms with Crippen LogP contribution in [0.5, 0.6) is 0 Å². The van der Waals surface area contributed by atoms with Crippen LogP contribution in [0, 0.1) is 10.1 Å². The SMILES string of the molecule is CNC(=O)CCN(C)c1cc(NC)cc([N+](=O)[O-])c1. The van der Waals surface area contributed by atoms with Gasteiger partial charge in [0.15, 0.2) is 0 Å². The highest BCUT2D eigenvalue weighted by molar-refractivity contribution is 5.76. The van der Waals surface area contributed by atoms with E-state index >= 15 is 0 Å². The van der Waals surface area contributed by atoms with Gasteiger partial charge >= 0.3 is 0 Å². The van der Waals surface area contributed by atoms with Gasteiger partial charge in [-0.05, 0) is 6.07 Å². The average molecular weight is 266 g/mol. The number of carbonyl (C=O) groups is 1. The highest BCUT2D eigenvalue weighted by Crippen LogP contribution is 2.26. The number of carbonyl (C=O) groups excluding carboxylic acids is 1. The lowest BCUT2D eigenvalue weighted by atomic mass is 10.2. The van der Waals surface area contributed by atoms with Crippen molar-refractivity contribution in [2.24, 2.45) is 0 Å². The molecule has 0 aliphatic rings. The number of nitrogens with one attached hydrogen (secondary N) is 2. The topological polar surface area (TPSA) is 87.5 Å². The summed E-state index contributed by atoms with van der Waals surface area (Å²) in [7, 11) is 5.07. The molecule has 1 amide bonds. The molecule has 2 N–H and O–H groups in total. The summed E-state index contributed by atoms with van der Waals surface area (Å²) >= 11 is 0. The van der Waals surface area contributed by atoms with Crippen LogP contribution in [0.25, 0.3) is 0 Å². The second-order valence-corrected chi connectivity index (χ2v) is 4.09. The van der Waals surface area contributed by atoms with Crippen molar-refractivity contribution >= 4 is 23.0 Å². The fraction of sp³-hybridized carbons (Fsp3) is 0.417. The van der Waals surface area contributed by atoms with Crippen LogP contribution in [0.4, 0.5) is 17.1 Å². The number of non-ortho nitro benzene ring substituents is 1. The lowest BCUT2D eigenvalue weighted by Gasteiger charge is -2.19. The summed E-state index contributed by atoms with van der Waals surface area (Å²) in [5, 5.41) is 16.3. The van der Waals surface area contributed by atoms with Gasteiger partial charge in [-0.25, -0.2) is 0 Å². The van der Waals surface area contributed by atoms with Crippen LogP contribution >= 0.6 is 0 Å². The molecule has 0 heterocycles. The Bertz CT molecular complexity index is 476. The molecule has 0 bridgehead atoms. The molecule has 1 rings (SSSR count). The first-order chi connectivity index (χ1) is 8.97. The molecule has 7 heteroatoms. The molecule has 1 aromatic carbocycles. The average Bonchev–Trinajstić information content (AvgIpc) is 2.43. The number of hydrogen-bond acceptors (Lipinski definition) is 5. The zero-order valence-corrected chi connectivity index (χ0v) is 11.3. The molecule has 0 saturated heterocycles. The second-order valence-electron chi connectivity index (χ2n) is 4.09. The Morgan fingerprint density at radius 2 is 2.05 bits per heavy atom. The Labute approximate surface area is 111 Å². The van der Waals surface area contributed by atoms with Crippen molar-refractivity contribution in [3.05, 3.63) is 28.3 Å². The Balaban J connectivity index is 2.89. The zero-order chi connectivity index (χ0) is 14.4. The number of anilines is 2. The van der Waals surface area contributed by atoms with Crippen LogP contribution in [0.2, 0.25) is 0 Å². The molecule has 0 aromatic heterocycles. The minimum atomic E-state index is -0.434. The van der Waals surface area contributed by atoms with Crippen LogP contribution in [0.1, 0.15) is 6.42 Å². The molecule has 0 aliphatic heterocycles. The van der Waals surface area contributed by atoms with Gasteiger partial charge in [-0.1, -0.05) is 0 Å². The van der Waals surface area contributed by atoms with Gasteiger partial charge in [-0.15, -0.1) is 0 Å². The summed E-state index contributed by atoms with van der Waals surface area (Å²) < 4.78 is 0. The summed E-state index contributed by atoms with van der Waals surface area (Å²) in [4.78, 5) is 23.4. The molecule has 7 nitrogen and oxygen atoms in total. The molecular weight excluding hydrogens is 248 g/mol. The summed E-state index contributed by atoms with van der Waals surface area (Å²) in [6.07, 6.45) is 0.338. The maximum atomic E-state index is 11.2. The quantitative estimate of drug-likeness (QED) is 0.597. The third kappa shape index (κ3) is 4.13. The summed E-state index contributed by atoms with van der Waals surface area (Å²) in [5.74, 6) is -0.0638. The normalized spacial score (nSPS) is 9.84. The van der Waals surface area contributed by atoms with E-state index in [9.17, 15) is 14.9 Å². The van der Waals surface area contributed by atoms with E-state index in [2.05, 4.69) is 10.6 Å². The standard InChI is InChI=1S/C12H18N4O3/c1-13-9-6-10(8-11(7-9)16(18)19)15(3)5-4-12(17)14-2/h6-8,13H,4-5H2,1-3H3,(H,14,17). The van der Waals surface area contributed by atoms with Gasteiger partial charge in [0.05, 0.1) is 4.92 Å². The van der Waals surface area contributed by atoms with Crippen LogP contribution in [0.3, 0.4) is 0 Å². The monoisotopic (exact) mass is 266 g/mol. The van der Waals surface area contributed by atoms with Gasteiger partial charge in [0.2, 0.25) is 5.91 Å². The number of nitro benzene ring substituents is 1. The fourth-order valence-electron chi connectivity index (χ4n) is 1.59. The molecule has 104 valence electrons. The number of hydrogen-bond donors (Lipinski definition) is 2. The van der Waals surface area contributed by atoms with Gasteiger partial charge in [0.25, 0.3) is 5.69 Å². The van der Waals surface area contributed by atoms with E-state index in [0.29, 0.717) is 24.3 Å². The van der Waals surface area contributed by atoms with Crippen molar-refractivity contribution < 1.29 is 9.72 Å². The number of benzene rings is 1. The molecule has 0 spiro atoms. The van der Waals surface area contributed by atoms with Crippen LogP contribution in [-0.2, 0) is 4.79 Å². The van der Waals surface area contributed by atoms with Crippen molar-refractivity contribution in [2.45, 2.75) is 6.42 Å². The molecule has 0 atom stereocenters. The third-order valence-corrected chi connectivity index (χ3v) is 2.80. The smallest absolute Gasteiger partial charge is 0.273 e. The number of nitro groups is 1. The van der Waals surface area contributed by atoms with E-state index in [4.69, 9.17) is 0 Å². The second kappa shape index (κ2) is 6.58. The highest BCUT2D eigenvalue weighted by Gasteiger charge is 2.12. The first-order valence-electron chi connectivity index (χ1n) is 5.87. The maximum absolute atomic E-state index is 11.2. The number of nitrogens with zero attached hydrogens (tertiary/aromatic N) is 2. The molecule has 19 heavy (non-hydrogen) atoms. The van der Waals surface area contributed by atoms with E-state index in [1.165, 1.54) is 12.1 Å². The summed E-state index contributed by atoms with van der Waals surface area (Å²) in [6, 6.07) is 4.76. The predicted molar refractivity (Wildman–Crippen MR) is 74.6 cm³/mol. The van der Waals surface area contributed by atoms with Crippen molar-refractivity contribution in [1.29, 1.82) is 0 Å².